The van der Waals surface area contributed by atoms with Crippen molar-refractivity contribution < 1.29 is 4.79 Å². The van der Waals surface area contributed by atoms with Crippen molar-refractivity contribution in [2.75, 3.05) is 14.1 Å². The number of imidazole rings is 1. The Labute approximate surface area is 130 Å². The van der Waals surface area contributed by atoms with Gasteiger partial charge in [0.05, 0.1) is 11.2 Å². The van der Waals surface area contributed by atoms with Crippen molar-refractivity contribution in [2.24, 2.45) is 0 Å². The SMILES string of the molecule is Cc1cccc(C)c1-c1nc(C(=O)N(C)C)n2ccccc12. The minimum absolute atomic E-state index is 0.0984. The fraction of sp³-hybridized carbons (Fsp3) is 0.222. The van der Waals surface area contributed by atoms with Crippen molar-refractivity contribution in [3.05, 3.63) is 59.5 Å². The van der Waals surface area contributed by atoms with Crippen LogP contribution in [0.2, 0.25) is 0 Å². The largest absolute Gasteiger partial charge is 0.342 e. The summed E-state index contributed by atoms with van der Waals surface area (Å²) in [6.45, 7) is 4.15. The second-order valence-corrected chi connectivity index (χ2v) is 5.71. The van der Waals surface area contributed by atoms with E-state index in [0.29, 0.717) is 5.82 Å². The summed E-state index contributed by atoms with van der Waals surface area (Å²) in [6, 6.07) is 12.1. The van der Waals surface area contributed by atoms with Crippen molar-refractivity contribution >= 4 is 11.4 Å². The molecule has 0 atom stereocenters. The van der Waals surface area contributed by atoms with Crippen LogP contribution in [0.4, 0.5) is 0 Å². The standard InChI is InChI=1S/C18H19N3O/c1-12-8-7-9-13(2)15(12)16-14-10-5-6-11-21(14)17(19-16)18(22)20(3)4/h5-11H,1-4H3. The Hall–Kier alpha value is -2.62. The zero-order valence-corrected chi connectivity index (χ0v) is 13.3. The average molecular weight is 293 g/mol. The summed E-state index contributed by atoms with van der Waals surface area (Å²) in [5.74, 6) is 0.344. The highest BCUT2D eigenvalue weighted by molar-refractivity contribution is 5.94. The third-order valence-corrected chi connectivity index (χ3v) is 3.86. The molecule has 0 aliphatic carbocycles. The van der Waals surface area contributed by atoms with Crippen LogP contribution in [0.3, 0.4) is 0 Å². The molecule has 0 aliphatic heterocycles. The van der Waals surface area contributed by atoms with E-state index < -0.39 is 0 Å². The molecule has 112 valence electrons. The van der Waals surface area contributed by atoms with Crippen LogP contribution in [0.1, 0.15) is 21.7 Å². The molecule has 2 aromatic heterocycles. The number of aromatic nitrogens is 2. The second-order valence-electron chi connectivity index (χ2n) is 5.71. The first-order valence-corrected chi connectivity index (χ1v) is 7.26. The van der Waals surface area contributed by atoms with Gasteiger partial charge in [0.15, 0.2) is 0 Å². The lowest BCUT2D eigenvalue weighted by Gasteiger charge is -2.08. The summed E-state index contributed by atoms with van der Waals surface area (Å²) in [4.78, 5) is 18.6. The number of hydrogen-bond acceptors (Lipinski definition) is 2. The molecule has 0 saturated carbocycles. The Balaban J connectivity index is 2.34. The van der Waals surface area contributed by atoms with Crippen LogP contribution in [0.25, 0.3) is 16.8 Å². The van der Waals surface area contributed by atoms with E-state index >= 15 is 0 Å². The molecule has 0 saturated heterocycles. The summed E-state index contributed by atoms with van der Waals surface area (Å²) in [5.41, 5.74) is 5.23. The zero-order valence-electron chi connectivity index (χ0n) is 13.3. The average Bonchev–Trinajstić information content (AvgIpc) is 2.86. The van der Waals surface area contributed by atoms with E-state index in [9.17, 15) is 4.79 Å². The molecule has 0 spiro atoms. The van der Waals surface area contributed by atoms with Crippen molar-refractivity contribution in [1.82, 2.24) is 14.3 Å². The number of aryl methyl sites for hydroxylation is 2. The Morgan fingerprint density at radius 3 is 2.36 bits per heavy atom. The van der Waals surface area contributed by atoms with Gasteiger partial charge in [-0.05, 0) is 37.1 Å². The van der Waals surface area contributed by atoms with E-state index in [-0.39, 0.29) is 5.91 Å². The zero-order chi connectivity index (χ0) is 15.9. The van der Waals surface area contributed by atoms with Crippen molar-refractivity contribution in [1.29, 1.82) is 0 Å². The van der Waals surface area contributed by atoms with E-state index in [1.807, 2.05) is 34.9 Å². The number of benzene rings is 1. The van der Waals surface area contributed by atoms with Gasteiger partial charge in [-0.2, -0.15) is 0 Å². The number of pyridine rings is 1. The van der Waals surface area contributed by atoms with Gasteiger partial charge in [-0.3, -0.25) is 9.20 Å². The second kappa shape index (κ2) is 5.30. The highest BCUT2D eigenvalue weighted by atomic mass is 16.2. The van der Waals surface area contributed by atoms with E-state index in [1.165, 1.54) is 0 Å². The molecule has 0 radical (unpaired) electrons. The summed E-state index contributed by atoms with van der Waals surface area (Å²) in [7, 11) is 3.48. The number of rotatable bonds is 2. The molecule has 1 aromatic carbocycles. The maximum Gasteiger partial charge on any atom is 0.289 e. The van der Waals surface area contributed by atoms with Crippen LogP contribution in [0.15, 0.2) is 42.6 Å². The molecule has 3 aromatic rings. The lowest BCUT2D eigenvalue weighted by atomic mass is 9.99. The molecule has 0 fully saturated rings. The summed E-state index contributed by atoms with van der Waals surface area (Å²) >= 11 is 0. The van der Waals surface area contributed by atoms with Gasteiger partial charge in [0, 0.05) is 25.9 Å². The van der Waals surface area contributed by atoms with Gasteiger partial charge in [0.2, 0.25) is 5.82 Å². The maximum atomic E-state index is 12.4. The van der Waals surface area contributed by atoms with Gasteiger partial charge >= 0.3 is 0 Å². The quantitative estimate of drug-likeness (QED) is 0.727. The molecule has 0 unspecified atom stereocenters. The summed E-state index contributed by atoms with van der Waals surface area (Å²) in [6.07, 6.45) is 1.89. The van der Waals surface area contributed by atoms with Gasteiger partial charge < -0.3 is 4.90 Å². The van der Waals surface area contributed by atoms with Crippen LogP contribution in [0.5, 0.6) is 0 Å². The molecule has 0 bridgehead atoms. The number of carbonyl (C=O) groups excluding carboxylic acids is 1. The number of nitrogens with zero attached hydrogens (tertiary/aromatic N) is 3. The Kier molecular flexibility index (Phi) is 3.45. The predicted octanol–water partition coefficient (Wildman–Crippen LogP) is 3.32. The molecule has 0 aliphatic rings. The highest BCUT2D eigenvalue weighted by Gasteiger charge is 2.20. The van der Waals surface area contributed by atoms with Crippen LogP contribution in [0, 0.1) is 13.8 Å². The normalized spacial score (nSPS) is 10.9. The third kappa shape index (κ3) is 2.17. The first-order chi connectivity index (χ1) is 10.5. The Morgan fingerprint density at radius 2 is 1.73 bits per heavy atom. The first-order valence-electron chi connectivity index (χ1n) is 7.26. The fourth-order valence-electron chi connectivity index (χ4n) is 2.76. The van der Waals surface area contributed by atoms with Gasteiger partial charge in [-0.15, -0.1) is 0 Å². The molecule has 22 heavy (non-hydrogen) atoms. The number of fused-ring (bicyclic) bond motifs is 1. The topological polar surface area (TPSA) is 37.6 Å². The predicted molar refractivity (Wildman–Crippen MR) is 88.1 cm³/mol. The van der Waals surface area contributed by atoms with E-state index in [4.69, 9.17) is 0 Å². The van der Waals surface area contributed by atoms with Gasteiger partial charge in [0.25, 0.3) is 5.91 Å². The van der Waals surface area contributed by atoms with Gasteiger partial charge in [-0.1, -0.05) is 24.3 Å². The number of carbonyl (C=O) groups is 1. The molecule has 1 amide bonds. The monoisotopic (exact) mass is 293 g/mol. The number of amides is 1. The Bertz CT molecular complexity index is 842. The maximum absolute atomic E-state index is 12.4. The highest BCUT2D eigenvalue weighted by Crippen LogP contribution is 2.30. The molecule has 4 nitrogen and oxygen atoms in total. The van der Waals surface area contributed by atoms with Crippen LogP contribution in [-0.4, -0.2) is 34.3 Å². The van der Waals surface area contributed by atoms with Crippen LogP contribution in [-0.2, 0) is 0 Å². The first kappa shape index (κ1) is 14.3. The smallest absolute Gasteiger partial charge is 0.289 e. The number of hydrogen-bond donors (Lipinski definition) is 0. The van der Waals surface area contributed by atoms with E-state index in [0.717, 1.165) is 27.9 Å². The lowest BCUT2D eigenvalue weighted by molar-refractivity contribution is 0.0815. The molecular weight excluding hydrogens is 274 g/mol. The van der Waals surface area contributed by atoms with E-state index in [1.54, 1.807) is 19.0 Å². The molecule has 4 heteroatoms. The van der Waals surface area contributed by atoms with Crippen LogP contribution >= 0.6 is 0 Å². The van der Waals surface area contributed by atoms with Gasteiger partial charge in [0.1, 0.15) is 0 Å². The minimum Gasteiger partial charge on any atom is -0.342 e. The Morgan fingerprint density at radius 1 is 1.05 bits per heavy atom. The fourth-order valence-corrected chi connectivity index (χ4v) is 2.76. The van der Waals surface area contributed by atoms with Crippen molar-refractivity contribution in [3.63, 3.8) is 0 Å². The molecule has 0 N–H and O–H groups in total. The van der Waals surface area contributed by atoms with Crippen molar-refractivity contribution in [3.8, 4) is 11.3 Å². The van der Waals surface area contributed by atoms with E-state index in [2.05, 4.69) is 31.0 Å². The minimum atomic E-state index is -0.0984. The van der Waals surface area contributed by atoms with Crippen LogP contribution < -0.4 is 0 Å². The third-order valence-electron chi connectivity index (χ3n) is 3.86. The summed E-state index contributed by atoms with van der Waals surface area (Å²) in [5, 5.41) is 0. The van der Waals surface area contributed by atoms with Crippen molar-refractivity contribution in [2.45, 2.75) is 13.8 Å². The summed E-state index contributed by atoms with van der Waals surface area (Å²) < 4.78 is 1.86. The molecular formula is C18H19N3O. The molecule has 2 heterocycles. The van der Waals surface area contributed by atoms with Gasteiger partial charge in [-0.25, -0.2) is 4.98 Å². The molecule has 3 rings (SSSR count). The lowest BCUT2D eigenvalue weighted by Crippen LogP contribution is -2.24.